The lowest BCUT2D eigenvalue weighted by Gasteiger charge is -2.35. The highest BCUT2D eigenvalue weighted by Crippen LogP contribution is 2.39. The summed E-state index contributed by atoms with van der Waals surface area (Å²) in [5.74, 6) is -5.78. The van der Waals surface area contributed by atoms with Crippen LogP contribution < -0.4 is 0 Å². The van der Waals surface area contributed by atoms with Gasteiger partial charge in [-0.2, -0.15) is 0 Å². The van der Waals surface area contributed by atoms with Gasteiger partial charge in [-0.3, -0.25) is 0 Å². The van der Waals surface area contributed by atoms with Gasteiger partial charge in [0.15, 0.2) is 29.1 Å². The summed E-state index contributed by atoms with van der Waals surface area (Å²) >= 11 is 0. The summed E-state index contributed by atoms with van der Waals surface area (Å²) < 4.78 is 76.0. The molecule has 1 nitrogen and oxygen atoms in total. The molecule has 1 fully saturated rings. The van der Waals surface area contributed by atoms with Crippen molar-refractivity contribution in [2.45, 2.75) is 58.0 Å². The van der Waals surface area contributed by atoms with E-state index in [1.165, 1.54) is 31.4 Å². The van der Waals surface area contributed by atoms with E-state index in [-0.39, 0.29) is 22.8 Å². The summed E-state index contributed by atoms with van der Waals surface area (Å²) in [7, 11) is 0. The van der Waals surface area contributed by atoms with Crippen LogP contribution in [0.3, 0.4) is 0 Å². The summed E-state index contributed by atoms with van der Waals surface area (Å²) in [6, 6.07) is 4.03. The Labute approximate surface area is 185 Å². The number of halogens is 5. The van der Waals surface area contributed by atoms with Crippen molar-refractivity contribution in [3.05, 3.63) is 65.0 Å². The fourth-order valence-electron chi connectivity index (χ4n) is 5.00. The number of rotatable bonds is 5. The van der Waals surface area contributed by atoms with E-state index < -0.39 is 29.1 Å². The van der Waals surface area contributed by atoms with Gasteiger partial charge < -0.3 is 4.74 Å². The lowest BCUT2D eigenvalue weighted by Crippen LogP contribution is -2.32. The molecule has 6 heteroatoms. The second-order valence-electron chi connectivity index (χ2n) is 8.91. The fraction of sp³-hybridized carbons (Fsp3) is 0.462. The molecule has 172 valence electrons. The third kappa shape index (κ3) is 4.61. The van der Waals surface area contributed by atoms with E-state index in [0.717, 1.165) is 31.4 Å². The highest BCUT2D eigenvalue weighted by Gasteiger charge is 2.30. The van der Waals surface area contributed by atoms with Crippen LogP contribution in [-0.4, -0.2) is 12.7 Å². The molecule has 0 aromatic heterocycles. The zero-order chi connectivity index (χ0) is 22.8. The van der Waals surface area contributed by atoms with Crippen LogP contribution in [0.25, 0.3) is 16.7 Å². The van der Waals surface area contributed by atoms with E-state index >= 15 is 0 Å². The molecule has 2 aromatic carbocycles. The van der Waals surface area contributed by atoms with Crippen molar-refractivity contribution in [2.75, 3.05) is 6.61 Å². The minimum absolute atomic E-state index is 0.153. The fourth-order valence-corrected chi connectivity index (χ4v) is 5.00. The minimum atomic E-state index is -1.64. The van der Waals surface area contributed by atoms with Gasteiger partial charge in [0.1, 0.15) is 0 Å². The van der Waals surface area contributed by atoms with Gasteiger partial charge in [-0.25, -0.2) is 22.0 Å². The lowest BCUT2D eigenvalue weighted by atomic mass is 9.80. The van der Waals surface area contributed by atoms with Crippen LogP contribution in [-0.2, 0) is 4.74 Å². The number of ether oxygens (including phenoxy) is 1. The molecular formula is C26H27F5O. The average molecular weight is 450 g/mol. The standard InChI is InChI=1S/C26H27F5O/c1-2-3-15-4-11-23(32-14-15)17-7-5-16(6-8-17)19-9-10-20(25(30)24(19)29)18-12-21(27)26(31)22(28)13-18/h5,9-10,12-13,15,17,23H,2-4,6-8,11,14H2,1H3. The first kappa shape index (κ1) is 23.0. The number of allylic oxidation sites excluding steroid dienone is 2. The molecule has 3 unspecified atom stereocenters. The molecule has 1 saturated heterocycles. The number of benzene rings is 2. The quantitative estimate of drug-likeness (QED) is 0.333. The average Bonchev–Trinajstić information content (AvgIpc) is 2.80. The van der Waals surface area contributed by atoms with E-state index in [9.17, 15) is 22.0 Å². The highest BCUT2D eigenvalue weighted by atomic mass is 19.2. The van der Waals surface area contributed by atoms with Crippen molar-refractivity contribution in [2.24, 2.45) is 11.8 Å². The first-order chi connectivity index (χ1) is 15.4. The Morgan fingerprint density at radius 2 is 1.56 bits per heavy atom. The molecule has 4 rings (SSSR count). The van der Waals surface area contributed by atoms with Crippen molar-refractivity contribution >= 4 is 5.57 Å². The van der Waals surface area contributed by atoms with E-state index in [1.807, 2.05) is 6.08 Å². The molecule has 1 aliphatic heterocycles. The second kappa shape index (κ2) is 9.74. The van der Waals surface area contributed by atoms with Gasteiger partial charge in [-0.05, 0) is 73.6 Å². The van der Waals surface area contributed by atoms with Gasteiger partial charge in [0, 0.05) is 17.7 Å². The van der Waals surface area contributed by atoms with Crippen molar-refractivity contribution < 1.29 is 26.7 Å². The number of hydrogen-bond donors (Lipinski definition) is 0. The monoisotopic (exact) mass is 450 g/mol. The molecule has 1 heterocycles. The topological polar surface area (TPSA) is 9.23 Å². The van der Waals surface area contributed by atoms with Crippen LogP contribution >= 0.6 is 0 Å². The Balaban J connectivity index is 1.49. The smallest absolute Gasteiger partial charge is 0.194 e. The molecule has 0 saturated carbocycles. The summed E-state index contributed by atoms with van der Waals surface area (Å²) in [6.45, 7) is 2.99. The van der Waals surface area contributed by atoms with E-state index in [1.54, 1.807) is 0 Å². The van der Waals surface area contributed by atoms with Crippen molar-refractivity contribution in [1.82, 2.24) is 0 Å². The molecule has 1 aliphatic carbocycles. The lowest BCUT2D eigenvalue weighted by molar-refractivity contribution is -0.0504. The van der Waals surface area contributed by atoms with Crippen LogP contribution in [0.2, 0.25) is 0 Å². The minimum Gasteiger partial charge on any atom is -0.378 e. The molecule has 0 spiro atoms. The zero-order valence-corrected chi connectivity index (χ0v) is 18.1. The Morgan fingerprint density at radius 3 is 2.16 bits per heavy atom. The van der Waals surface area contributed by atoms with Gasteiger partial charge in [0.2, 0.25) is 0 Å². The predicted octanol–water partition coefficient (Wildman–Crippen LogP) is 7.83. The first-order valence-electron chi connectivity index (χ1n) is 11.3. The summed E-state index contributed by atoms with van der Waals surface area (Å²) in [5.41, 5.74) is 0.314. The Bertz CT molecular complexity index is 985. The molecule has 0 amide bonds. The molecule has 3 atom stereocenters. The summed E-state index contributed by atoms with van der Waals surface area (Å²) in [4.78, 5) is 0. The van der Waals surface area contributed by atoms with E-state index in [4.69, 9.17) is 4.74 Å². The SMILES string of the molecule is CCCC1CCC(C2CC=C(c3ccc(-c4cc(F)c(F)c(F)c4)c(F)c3F)CC2)OC1. The van der Waals surface area contributed by atoms with Gasteiger partial charge in [-0.1, -0.05) is 31.6 Å². The molecule has 2 aromatic rings. The summed E-state index contributed by atoms with van der Waals surface area (Å²) in [6.07, 6.45) is 8.94. The largest absolute Gasteiger partial charge is 0.378 e. The van der Waals surface area contributed by atoms with Gasteiger partial charge in [0.05, 0.1) is 6.10 Å². The molecule has 2 aliphatic rings. The summed E-state index contributed by atoms with van der Waals surface area (Å²) in [5, 5.41) is 0. The molecule has 32 heavy (non-hydrogen) atoms. The van der Waals surface area contributed by atoms with Crippen LogP contribution in [0.4, 0.5) is 22.0 Å². The van der Waals surface area contributed by atoms with Gasteiger partial charge in [0.25, 0.3) is 0 Å². The van der Waals surface area contributed by atoms with Crippen molar-refractivity contribution in [3.8, 4) is 11.1 Å². The molecule has 0 bridgehead atoms. The normalized spacial score (nSPS) is 23.8. The Kier molecular flexibility index (Phi) is 6.99. The third-order valence-electron chi connectivity index (χ3n) is 6.80. The van der Waals surface area contributed by atoms with Gasteiger partial charge >= 0.3 is 0 Å². The maximum absolute atomic E-state index is 14.9. The number of hydrogen-bond acceptors (Lipinski definition) is 1. The van der Waals surface area contributed by atoms with Crippen LogP contribution in [0, 0.1) is 40.9 Å². The highest BCUT2D eigenvalue weighted by molar-refractivity contribution is 5.72. The predicted molar refractivity (Wildman–Crippen MR) is 114 cm³/mol. The maximum Gasteiger partial charge on any atom is 0.194 e. The van der Waals surface area contributed by atoms with Crippen LogP contribution in [0.15, 0.2) is 30.3 Å². The van der Waals surface area contributed by atoms with E-state index in [0.29, 0.717) is 30.4 Å². The molecule has 0 N–H and O–H groups in total. The molecular weight excluding hydrogens is 423 g/mol. The first-order valence-corrected chi connectivity index (χ1v) is 11.3. The Hall–Kier alpha value is -2.21. The van der Waals surface area contributed by atoms with Gasteiger partial charge in [-0.15, -0.1) is 0 Å². The Morgan fingerprint density at radius 1 is 0.875 bits per heavy atom. The van der Waals surface area contributed by atoms with Crippen molar-refractivity contribution in [3.63, 3.8) is 0 Å². The second-order valence-corrected chi connectivity index (χ2v) is 8.91. The molecule has 0 radical (unpaired) electrons. The third-order valence-corrected chi connectivity index (χ3v) is 6.80. The van der Waals surface area contributed by atoms with E-state index in [2.05, 4.69) is 6.92 Å². The zero-order valence-electron chi connectivity index (χ0n) is 18.1. The maximum atomic E-state index is 14.9. The van der Waals surface area contributed by atoms with Crippen LogP contribution in [0.5, 0.6) is 0 Å². The van der Waals surface area contributed by atoms with Crippen LogP contribution in [0.1, 0.15) is 57.4 Å². The van der Waals surface area contributed by atoms with Crippen molar-refractivity contribution in [1.29, 1.82) is 0 Å².